The molecule has 0 heterocycles. The summed E-state index contributed by atoms with van der Waals surface area (Å²) in [6.45, 7) is 9.09. The molecule has 2 N–H and O–H groups in total. The van der Waals surface area contributed by atoms with Crippen LogP contribution in [-0.2, 0) is 9.47 Å². The predicted molar refractivity (Wildman–Crippen MR) is 54.7 cm³/mol. The average molecular weight is 189 g/mol. The van der Waals surface area contributed by atoms with E-state index < -0.39 is 0 Å². The van der Waals surface area contributed by atoms with Gasteiger partial charge in [0.25, 0.3) is 0 Å². The quantitative estimate of drug-likeness (QED) is 0.587. The zero-order valence-electron chi connectivity index (χ0n) is 9.08. The molecule has 80 valence electrons. The van der Waals surface area contributed by atoms with E-state index in [2.05, 4.69) is 13.8 Å². The molecule has 0 radical (unpaired) electrons. The minimum atomic E-state index is 0.163. The predicted octanol–water partition coefficient (Wildman–Crippen LogP) is 1.41. The van der Waals surface area contributed by atoms with E-state index in [9.17, 15) is 0 Å². The highest BCUT2D eigenvalue weighted by Crippen LogP contribution is 2.00. The number of rotatable bonds is 8. The third-order valence-corrected chi connectivity index (χ3v) is 1.71. The Hall–Kier alpha value is -0.120. The Kier molecular flexibility index (Phi) is 8.40. The van der Waals surface area contributed by atoms with Crippen molar-refractivity contribution >= 4 is 0 Å². The number of ether oxygens (including phenoxy) is 2. The fraction of sp³-hybridized carbons (Fsp3) is 1.00. The van der Waals surface area contributed by atoms with Crippen molar-refractivity contribution in [2.75, 3.05) is 26.4 Å². The summed E-state index contributed by atoms with van der Waals surface area (Å²) in [5.74, 6) is 0.709. The molecule has 0 saturated carbocycles. The van der Waals surface area contributed by atoms with Gasteiger partial charge < -0.3 is 15.2 Å². The van der Waals surface area contributed by atoms with Crippen molar-refractivity contribution in [2.45, 2.75) is 33.3 Å². The molecule has 3 heteroatoms. The van der Waals surface area contributed by atoms with Gasteiger partial charge in [0.1, 0.15) is 0 Å². The van der Waals surface area contributed by atoms with Crippen LogP contribution in [0, 0.1) is 5.92 Å². The molecule has 0 fully saturated rings. The van der Waals surface area contributed by atoms with Crippen LogP contribution in [0.5, 0.6) is 0 Å². The highest BCUT2D eigenvalue weighted by Gasteiger charge is 2.01. The van der Waals surface area contributed by atoms with Gasteiger partial charge in [0, 0.05) is 13.2 Å². The first-order valence-electron chi connectivity index (χ1n) is 5.06. The summed E-state index contributed by atoms with van der Waals surface area (Å²) in [5, 5.41) is 0. The molecule has 0 aromatic carbocycles. The lowest BCUT2D eigenvalue weighted by molar-refractivity contribution is -0.00582. The summed E-state index contributed by atoms with van der Waals surface area (Å²) in [4.78, 5) is 0. The molecule has 3 nitrogen and oxygen atoms in total. The third kappa shape index (κ3) is 9.80. The third-order valence-electron chi connectivity index (χ3n) is 1.71. The molecule has 0 amide bonds. The second-order valence-electron chi connectivity index (χ2n) is 3.73. The molecular formula is C10H23NO2. The molecular weight excluding hydrogens is 166 g/mol. The molecule has 0 saturated heterocycles. The van der Waals surface area contributed by atoms with Crippen LogP contribution in [0.2, 0.25) is 0 Å². The number of hydrogen-bond acceptors (Lipinski definition) is 3. The first-order valence-corrected chi connectivity index (χ1v) is 5.06. The van der Waals surface area contributed by atoms with E-state index in [0.29, 0.717) is 25.7 Å². The number of hydrogen-bond donors (Lipinski definition) is 1. The van der Waals surface area contributed by atoms with Crippen LogP contribution in [0.4, 0.5) is 0 Å². The van der Waals surface area contributed by atoms with Gasteiger partial charge in [0.2, 0.25) is 0 Å². The van der Waals surface area contributed by atoms with Gasteiger partial charge in [-0.2, -0.15) is 0 Å². The SMILES string of the molecule is CC(C)CCOCC(C)OCCN. The summed E-state index contributed by atoms with van der Waals surface area (Å²) < 4.78 is 10.8. The Morgan fingerprint density at radius 3 is 2.38 bits per heavy atom. The second kappa shape index (κ2) is 8.48. The molecule has 0 rings (SSSR count). The fourth-order valence-corrected chi connectivity index (χ4v) is 0.886. The van der Waals surface area contributed by atoms with Gasteiger partial charge in [0.15, 0.2) is 0 Å². The summed E-state index contributed by atoms with van der Waals surface area (Å²) >= 11 is 0. The molecule has 0 aromatic heterocycles. The normalized spacial score (nSPS) is 13.6. The molecule has 1 atom stereocenters. The molecule has 0 aliphatic rings. The summed E-state index contributed by atoms with van der Waals surface area (Å²) in [6, 6.07) is 0. The lowest BCUT2D eigenvalue weighted by Gasteiger charge is -2.13. The number of nitrogens with two attached hydrogens (primary N) is 1. The zero-order chi connectivity index (χ0) is 10.1. The smallest absolute Gasteiger partial charge is 0.0781 e. The van der Waals surface area contributed by atoms with Crippen LogP contribution in [-0.4, -0.2) is 32.5 Å². The molecule has 0 spiro atoms. The lowest BCUT2D eigenvalue weighted by atomic mass is 10.1. The van der Waals surface area contributed by atoms with Crippen LogP contribution < -0.4 is 5.73 Å². The van der Waals surface area contributed by atoms with Gasteiger partial charge >= 0.3 is 0 Å². The zero-order valence-corrected chi connectivity index (χ0v) is 9.08. The Labute approximate surface area is 81.6 Å². The van der Waals surface area contributed by atoms with Gasteiger partial charge in [-0.1, -0.05) is 13.8 Å². The maximum atomic E-state index is 5.44. The van der Waals surface area contributed by atoms with E-state index in [1.54, 1.807) is 0 Å². The van der Waals surface area contributed by atoms with Gasteiger partial charge in [-0.25, -0.2) is 0 Å². The highest BCUT2D eigenvalue weighted by molar-refractivity contribution is 4.49. The molecule has 0 aliphatic heterocycles. The van der Waals surface area contributed by atoms with Crippen molar-refractivity contribution in [2.24, 2.45) is 11.7 Å². The van der Waals surface area contributed by atoms with E-state index in [0.717, 1.165) is 13.0 Å². The van der Waals surface area contributed by atoms with Crippen LogP contribution in [0.1, 0.15) is 27.2 Å². The maximum absolute atomic E-state index is 5.44. The standard InChI is InChI=1S/C10H23NO2/c1-9(2)4-6-12-8-10(3)13-7-5-11/h9-10H,4-8,11H2,1-3H3. The van der Waals surface area contributed by atoms with Crippen molar-refractivity contribution in [1.29, 1.82) is 0 Å². The van der Waals surface area contributed by atoms with E-state index in [4.69, 9.17) is 15.2 Å². The van der Waals surface area contributed by atoms with Crippen molar-refractivity contribution < 1.29 is 9.47 Å². The van der Waals surface area contributed by atoms with E-state index in [-0.39, 0.29) is 6.10 Å². The van der Waals surface area contributed by atoms with Gasteiger partial charge in [-0.05, 0) is 19.3 Å². The first kappa shape index (κ1) is 12.9. The van der Waals surface area contributed by atoms with Crippen molar-refractivity contribution in [3.63, 3.8) is 0 Å². The second-order valence-corrected chi connectivity index (χ2v) is 3.73. The fourth-order valence-electron chi connectivity index (χ4n) is 0.886. The van der Waals surface area contributed by atoms with E-state index >= 15 is 0 Å². The van der Waals surface area contributed by atoms with Crippen molar-refractivity contribution in [3.8, 4) is 0 Å². The molecule has 0 aliphatic carbocycles. The summed E-state index contributed by atoms with van der Waals surface area (Å²) in [7, 11) is 0. The first-order chi connectivity index (χ1) is 6.16. The maximum Gasteiger partial charge on any atom is 0.0781 e. The molecule has 0 aromatic rings. The minimum Gasteiger partial charge on any atom is -0.379 e. The molecule has 13 heavy (non-hydrogen) atoms. The highest BCUT2D eigenvalue weighted by atomic mass is 16.5. The van der Waals surface area contributed by atoms with Gasteiger partial charge in [-0.3, -0.25) is 0 Å². The summed E-state index contributed by atoms with van der Waals surface area (Å²) in [5.41, 5.74) is 5.31. The largest absolute Gasteiger partial charge is 0.379 e. The molecule has 0 bridgehead atoms. The lowest BCUT2D eigenvalue weighted by Crippen LogP contribution is -2.20. The summed E-state index contributed by atoms with van der Waals surface area (Å²) in [6.07, 6.45) is 1.28. The van der Waals surface area contributed by atoms with Crippen LogP contribution >= 0.6 is 0 Å². The van der Waals surface area contributed by atoms with Crippen molar-refractivity contribution in [1.82, 2.24) is 0 Å². The van der Waals surface area contributed by atoms with Gasteiger partial charge in [-0.15, -0.1) is 0 Å². The Bertz CT molecular complexity index is 107. The Balaban J connectivity index is 3.12. The Morgan fingerprint density at radius 1 is 1.15 bits per heavy atom. The van der Waals surface area contributed by atoms with Crippen LogP contribution in [0.25, 0.3) is 0 Å². The van der Waals surface area contributed by atoms with E-state index in [1.165, 1.54) is 0 Å². The monoisotopic (exact) mass is 189 g/mol. The topological polar surface area (TPSA) is 44.5 Å². The van der Waals surface area contributed by atoms with E-state index in [1.807, 2.05) is 6.92 Å². The Morgan fingerprint density at radius 2 is 1.85 bits per heavy atom. The molecule has 1 unspecified atom stereocenters. The van der Waals surface area contributed by atoms with Crippen LogP contribution in [0.3, 0.4) is 0 Å². The van der Waals surface area contributed by atoms with Gasteiger partial charge in [0.05, 0.1) is 19.3 Å². The average Bonchev–Trinajstić information content (AvgIpc) is 2.08. The minimum absolute atomic E-state index is 0.163. The van der Waals surface area contributed by atoms with Crippen LogP contribution in [0.15, 0.2) is 0 Å². The van der Waals surface area contributed by atoms with Crippen molar-refractivity contribution in [3.05, 3.63) is 0 Å².